The third-order valence-corrected chi connectivity index (χ3v) is 4.56. The molecule has 3 N–H and O–H groups in total. The van der Waals surface area contributed by atoms with Gasteiger partial charge in [-0.1, -0.05) is 51.3 Å². The summed E-state index contributed by atoms with van der Waals surface area (Å²) in [6.07, 6.45) is 4.14. The molecule has 0 fully saturated rings. The van der Waals surface area contributed by atoms with Crippen molar-refractivity contribution in [3.63, 3.8) is 0 Å². The number of rotatable bonds is 8. The zero-order valence-electron chi connectivity index (χ0n) is 13.5. The minimum atomic E-state index is -0.335. The Balaban J connectivity index is 2.89. The predicted octanol–water partition coefficient (Wildman–Crippen LogP) is 3.92. The van der Waals surface area contributed by atoms with Gasteiger partial charge >= 0.3 is 0 Å². The Labute approximate surface area is 124 Å². The van der Waals surface area contributed by atoms with Crippen LogP contribution in [0.4, 0.5) is 0 Å². The van der Waals surface area contributed by atoms with Gasteiger partial charge in [0.2, 0.25) is 0 Å². The van der Waals surface area contributed by atoms with Crippen LogP contribution in [0.1, 0.15) is 62.1 Å². The molecule has 3 unspecified atom stereocenters. The van der Waals surface area contributed by atoms with Crippen molar-refractivity contribution >= 4 is 0 Å². The SMILES string of the molecule is CCCCC(CC)C(O)C(CN)c1ccc(C)c(C)c1. The summed E-state index contributed by atoms with van der Waals surface area (Å²) < 4.78 is 0. The van der Waals surface area contributed by atoms with Crippen LogP contribution in [0.3, 0.4) is 0 Å². The van der Waals surface area contributed by atoms with Crippen LogP contribution in [0.2, 0.25) is 0 Å². The van der Waals surface area contributed by atoms with Crippen LogP contribution in [0.25, 0.3) is 0 Å². The third-order valence-electron chi connectivity index (χ3n) is 4.56. The fourth-order valence-electron chi connectivity index (χ4n) is 2.88. The van der Waals surface area contributed by atoms with E-state index in [1.807, 2.05) is 0 Å². The summed E-state index contributed by atoms with van der Waals surface area (Å²) in [5.74, 6) is 0.404. The first-order valence-corrected chi connectivity index (χ1v) is 8.00. The Bertz CT molecular complexity index is 402. The molecule has 1 aromatic carbocycles. The van der Waals surface area contributed by atoms with Crippen LogP contribution >= 0.6 is 0 Å². The molecule has 114 valence electrons. The van der Waals surface area contributed by atoms with E-state index >= 15 is 0 Å². The number of nitrogens with two attached hydrogens (primary N) is 1. The highest BCUT2D eigenvalue weighted by Crippen LogP contribution is 2.29. The van der Waals surface area contributed by atoms with Crippen molar-refractivity contribution in [3.05, 3.63) is 34.9 Å². The second-order valence-corrected chi connectivity index (χ2v) is 5.99. The Morgan fingerprint density at radius 2 is 1.85 bits per heavy atom. The Kier molecular flexibility index (Phi) is 7.25. The van der Waals surface area contributed by atoms with E-state index in [1.54, 1.807) is 0 Å². The predicted molar refractivity (Wildman–Crippen MR) is 87.0 cm³/mol. The van der Waals surface area contributed by atoms with E-state index in [9.17, 15) is 5.11 Å². The van der Waals surface area contributed by atoms with Gasteiger partial charge in [-0.05, 0) is 42.9 Å². The van der Waals surface area contributed by atoms with Gasteiger partial charge < -0.3 is 10.8 Å². The third kappa shape index (κ3) is 4.32. The average molecular weight is 277 g/mol. The molecule has 0 aromatic heterocycles. The van der Waals surface area contributed by atoms with Gasteiger partial charge in [-0.2, -0.15) is 0 Å². The minimum Gasteiger partial charge on any atom is -0.392 e. The molecule has 2 nitrogen and oxygen atoms in total. The molecule has 0 radical (unpaired) electrons. The van der Waals surface area contributed by atoms with Gasteiger partial charge in [0.05, 0.1) is 6.10 Å². The van der Waals surface area contributed by atoms with Crippen molar-refractivity contribution in [2.45, 2.75) is 65.4 Å². The first kappa shape index (κ1) is 17.2. The molecule has 0 heterocycles. The minimum absolute atomic E-state index is 0.0520. The van der Waals surface area contributed by atoms with Crippen LogP contribution in [0.5, 0.6) is 0 Å². The van der Waals surface area contributed by atoms with Gasteiger partial charge in [0, 0.05) is 12.5 Å². The molecular formula is C18H31NO. The summed E-state index contributed by atoms with van der Waals surface area (Å²) >= 11 is 0. The van der Waals surface area contributed by atoms with E-state index in [4.69, 9.17) is 5.73 Å². The maximum Gasteiger partial charge on any atom is 0.0648 e. The summed E-state index contributed by atoms with van der Waals surface area (Å²) in [7, 11) is 0. The topological polar surface area (TPSA) is 46.2 Å². The van der Waals surface area contributed by atoms with Crippen LogP contribution in [-0.2, 0) is 0 Å². The maximum absolute atomic E-state index is 10.7. The van der Waals surface area contributed by atoms with Gasteiger partial charge in [-0.25, -0.2) is 0 Å². The number of aliphatic hydroxyl groups is 1. The fraction of sp³-hybridized carbons (Fsp3) is 0.667. The molecule has 0 amide bonds. The number of hydrogen-bond donors (Lipinski definition) is 2. The van der Waals surface area contributed by atoms with Crippen molar-refractivity contribution < 1.29 is 5.11 Å². The number of aryl methyl sites for hydroxylation is 2. The molecule has 0 spiro atoms. The lowest BCUT2D eigenvalue weighted by molar-refractivity contribution is 0.0743. The van der Waals surface area contributed by atoms with Gasteiger partial charge in [0.1, 0.15) is 0 Å². The zero-order chi connectivity index (χ0) is 15.1. The number of hydrogen-bond acceptors (Lipinski definition) is 2. The van der Waals surface area contributed by atoms with Crippen molar-refractivity contribution in [2.24, 2.45) is 11.7 Å². The smallest absolute Gasteiger partial charge is 0.0648 e. The Hall–Kier alpha value is -0.860. The summed E-state index contributed by atoms with van der Waals surface area (Å²) in [6.45, 7) is 9.10. The van der Waals surface area contributed by atoms with E-state index in [0.29, 0.717) is 12.5 Å². The second-order valence-electron chi connectivity index (χ2n) is 5.99. The molecule has 1 rings (SSSR count). The van der Waals surface area contributed by atoms with Gasteiger partial charge in [0.15, 0.2) is 0 Å². The lowest BCUT2D eigenvalue weighted by Crippen LogP contribution is -2.32. The standard InChI is InChI=1S/C18H31NO/c1-5-7-8-15(6-2)18(20)17(12-19)16-10-9-13(3)14(4)11-16/h9-11,15,17-18,20H,5-8,12,19H2,1-4H3. The normalized spacial score (nSPS) is 15.9. The van der Waals surface area contributed by atoms with Gasteiger partial charge in [-0.15, -0.1) is 0 Å². The highest BCUT2D eigenvalue weighted by molar-refractivity contribution is 5.32. The lowest BCUT2D eigenvalue weighted by atomic mass is 9.81. The average Bonchev–Trinajstić information content (AvgIpc) is 2.44. The molecule has 0 saturated carbocycles. The summed E-state index contributed by atoms with van der Waals surface area (Å²) in [4.78, 5) is 0. The molecule has 0 bridgehead atoms. The molecular weight excluding hydrogens is 246 g/mol. The van der Waals surface area contributed by atoms with Crippen LogP contribution < -0.4 is 5.73 Å². The monoisotopic (exact) mass is 277 g/mol. The second kappa shape index (κ2) is 8.43. The summed E-state index contributed by atoms with van der Waals surface area (Å²) in [6, 6.07) is 6.44. The molecule has 2 heteroatoms. The van der Waals surface area contributed by atoms with Crippen molar-refractivity contribution in [1.29, 1.82) is 0 Å². The van der Waals surface area contributed by atoms with Gasteiger partial charge in [0.25, 0.3) is 0 Å². The van der Waals surface area contributed by atoms with Crippen LogP contribution in [-0.4, -0.2) is 17.8 Å². The molecule has 20 heavy (non-hydrogen) atoms. The van der Waals surface area contributed by atoms with E-state index in [0.717, 1.165) is 12.8 Å². The first-order chi connectivity index (χ1) is 9.54. The Morgan fingerprint density at radius 3 is 2.35 bits per heavy atom. The first-order valence-electron chi connectivity index (χ1n) is 8.00. The van der Waals surface area contributed by atoms with Gasteiger partial charge in [-0.3, -0.25) is 0 Å². The highest BCUT2D eigenvalue weighted by atomic mass is 16.3. The molecule has 3 atom stereocenters. The lowest BCUT2D eigenvalue weighted by Gasteiger charge is -2.29. The molecule has 1 aromatic rings. The van der Waals surface area contributed by atoms with E-state index < -0.39 is 0 Å². The Morgan fingerprint density at radius 1 is 1.15 bits per heavy atom. The van der Waals surface area contributed by atoms with Crippen molar-refractivity contribution in [2.75, 3.05) is 6.54 Å². The summed E-state index contributed by atoms with van der Waals surface area (Å²) in [5.41, 5.74) is 9.70. The highest BCUT2D eigenvalue weighted by Gasteiger charge is 2.26. The maximum atomic E-state index is 10.7. The molecule has 0 aliphatic rings. The number of aliphatic hydroxyl groups excluding tert-OH is 1. The quantitative estimate of drug-likeness (QED) is 0.756. The van der Waals surface area contributed by atoms with Crippen molar-refractivity contribution in [1.82, 2.24) is 0 Å². The largest absolute Gasteiger partial charge is 0.392 e. The fourth-order valence-corrected chi connectivity index (χ4v) is 2.88. The van der Waals surface area contributed by atoms with E-state index in [-0.39, 0.29) is 12.0 Å². The number of unbranched alkanes of at least 4 members (excludes halogenated alkanes) is 1. The van der Waals surface area contributed by atoms with Crippen LogP contribution in [0.15, 0.2) is 18.2 Å². The van der Waals surface area contributed by atoms with E-state index in [1.165, 1.54) is 29.5 Å². The molecule has 0 aliphatic heterocycles. The zero-order valence-corrected chi connectivity index (χ0v) is 13.5. The molecule has 0 saturated heterocycles. The summed E-state index contributed by atoms with van der Waals surface area (Å²) in [5, 5.41) is 10.7. The van der Waals surface area contributed by atoms with E-state index in [2.05, 4.69) is 45.9 Å². The van der Waals surface area contributed by atoms with Crippen molar-refractivity contribution in [3.8, 4) is 0 Å². The van der Waals surface area contributed by atoms with Crippen LogP contribution in [0, 0.1) is 19.8 Å². The number of benzene rings is 1. The molecule has 0 aliphatic carbocycles.